The van der Waals surface area contributed by atoms with Crippen molar-refractivity contribution in [1.29, 1.82) is 0 Å². The fourth-order valence-corrected chi connectivity index (χ4v) is 3.61. The van der Waals surface area contributed by atoms with Crippen LogP contribution in [-0.4, -0.2) is 52.5 Å². The van der Waals surface area contributed by atoms with Gasteiger partial charge >= 0.3 is 11.9 Å². The maximum Gasteiger partial charge on any atom is 0.305 e. The van der Waals surface area contributed by atoms with Crippen molar-refractivity contribution in [2.24, 2.45) is 0 Å². The standard InChI is InChI=1S/C22H30FNO7S/c1-18(25)31-21(17-30-20-13-11-19(23)12-14-20)9-6-8-16-32(27,28)24-15-7-4-3-5-10-22(26)29-2/h11-14,21,24H,3,5-6,8-10,15-17H2,1-2H3. The van der Waals surface area contributed by atoms with Crippen LogP contribution in [0.1, 0.15) is 45.4 Å². The zero-order valence-corrected chi connectivity index (χ0v) is 19.2. The first-order chi connectivity index (χ1) is 15.2. The second-order valence-electron chi connectivity index (χ2n) is 6.92. The summed E-state index contributed by atoms with van der Waals surface area (Å²) >= 11 is 0. The van der Waals surface area contributed by atoms with Crippen LogP contribution in [0.25, 0.3) is 0 Å². The lowest BCUT2D eigenvalue weighted by Crippen LogP contribution is -2.27. The van der Waals surface area contributed by atoms with Gasteiger partial charge in [0.1, 0.15) is 24.3 Å². The second-order valence-corrected chi connectivity index (χ2v) is 8.84. The molecule has 0 aliphatic rings. The lowest BCUT2D eigenvalue weighted by Gasteiger charge is -2.17. The highest BCUT2D eigenvalue weighted by molar-refractivity contribution is 7.89. The van der Waals surface area contributed by atoms with Crippen molar-refractivity contribution < 1.29 is 36.6 Å². The molecule has 8 nitrogen and oxygen atoms in total. The molecule has 1 rings (SSSR count). The van der Waals surface area contributed by atoms with Crippen LogP contribution in [0.3, 0.4) is 0 Å². The summed E-state index contributed by atoms with van der Waals surface area (Å²) in [6, 6.07) is 5.47. The number of hydrogen-bond acceptors (Lipinski definition) is 7. The second kappa shape index (κ2) is 15.2. The molecule has 1 aromatic rings. The zero-order valence-electron chi connectivity index (χ0n) is 18.4. The third-order valence-corrected chi connectivity index (χ3v) is 5.60. The number of esters is 2. The molecule has 1 N–H and O–H groups in total. The zero-order chi connectivity index (χ0) is 23.8. The molecule has 0 bridgehead atoms. The van der Waals surface area contributed by atoms with E-state index in [1.807, 2.05) is 0 Å². The molecule has 0 amide bonds. The van der Waals surface area contributed by atoms with E-state index in [9.17, 15) is 22.4 Å². The number of hydrogen-bond donors (Lipinski definition) is 1. The first kappa shape index (κ1) is 27.4. The molecule has 0 saturated heterocycles. The summed E-state index contributed by atoms with van der Waals surface area (Å²) in [5.41, 5.74) is 0. The van der Waals surface area contributed by atoms with Crippen LogP contribution >= 0.6 is 0 Å². The predicted octanol–water partition coefficient (Wildman–Crippen LogP) is 2.57. The number of sulfonamides is 1. The van der Waals surface area contributed by atoms with E-state index in [2.05, 4.69) is 21.3 Å². The highest BCUT2D eigenvalue weighted by Gasteiger charge is 2.15. The number of rotatable bonds is 14. The van der Waals surface area contributed by atoms with E-state index in [0.29, 0.717) is 37.9 Å². The van der Waals surface area contributed by atoms with Crippen LogP contribution in [0.4, 0.5) is 4.39 Å². The molecule has 0 aromatic heterocycles. The molecular formula is C22H30FNO7S. The van der Waals surface area contributed by atoms with E-state index in [4.69, 9.17) is 9.47 Å². The van der Waals surface area contributed by atoms with E-state index < -0.39 is 22.1 Å². The lowest BCUT2D eigenvalue weighted by atomic mass is 10.2. The van der Waals surface area contributed by atoms with E-state index in [0.717, 1.165) is 0 Å². The van der Waals surface area contributed by atoms with Crippen molar-refractivity contribution >= 4 is 22.0 Å². The predicted molar refractivity (Wildman–Crippen MR) is 117 cm³/mol. The van der Waals surface area contributed by atoms with Crippen molar-refractivity contribution in [3.63, 3.8) is 0 Å². The molecule has 10 heteroatoms. The van der Waals surface area contributed by atoms with Crippen LogP contribution in [0.5, 0.6) is 5.75 Å². The van der Waals surface area contributed by atoms with Crippen molar-refractivity contribution in [1.82, 2.24) is 4.72 Å². The van der Waals surface area contributed by atoms with Crippen molar-refractivity contribution in [3.05, 3.63) is 30.1 Å². The van der Waals surface area contributed by atoms with Gasteiger partial charge in [-0.3, -0.25) is 9.59 Å². The quantitative estimate of drug-likeness (QED) is 0.252. The van der Waals surface area contributed by atoms with Gasteiger partial charge in [-0.1, -0.05) is 5.92 Å². The number of halogens is 1. The first-order valence-corrected chi connectivity index (χ1v) is 11.9. The average Bonchev–Trinajstić information content (AvgIpc) is 2.74. The van der Waals surface area contributed by atoms with Gasteiger partial charge in [-0.25, -0.2) is 17.5 Å². The smallest absolute Gasteiger partial charge is 0.305 e. The molecule has 0 saturated carbocycles. The van der Waals surface area contributed by atoms with Crippen LogP contribution in [0, 0.1) is 17.7 Å². The van der Waals surface area contributed by atoms with Crippen LogP contribution < -0.4 is 9.46 Å². The average molecular weight is 472 g/mol. The number of ether oxygens (including phenoxy) is 3. The summed E-state index contributed by atoms with van der Waals surface area (Å²) in [6.45, 7) is 1.37. The van der Waals surface area contributed by atoms with Crippen molar-refractivity contribution in [2.75, 3.05) is 26.0 Å². The third kappa shape index (κ3) is 13.6. The molecule has 0 spiro atoms. The van der Waals surface area contributed by atoms with E-state index in [-0.39, 0.29) is 37.1 Å². The Bertz CT molecular complexity index is 876. The molecule has 0 radical (unpaired) electrons. The summed E-state index contributed by atoms with van der Waals surface area (Å²) in [7, 11) is -2.15. The van der Waals surface area contributed by atoms with Gasteiger partial charge in [0.05, 0.1) is 19.4 Å². The molecular weight excluding hydrogens is 441 g/mol. The normalized spacial score (nSPS) is 11.7. The molecule has 0 aliphatic heterocycles. The molecule has 1 atom stereocenters. The molecule has 178 valence electrons. The molecule has 32 heavy (non-hydrogen) atoms. The summed E-state index contributed by atoms with van der Waals surface area (Å²) in [4.78, 5) is 22.3. The highest BCUT2D eigenvalue weighted by atomic mass is 32.2. The SMILES string of the molecule is COC(=O)CCCC#CCNS(=O)(=O)CCCCC(COc1ccc(F)cc1)OC(C)=O. The summed E-state index contributed by atoms with van der Waals surface area (Å²) in [5, 5.41) is 0. The molecule has 1 aromatic carbocycles. The van der Waals surface area contributed by atoms with Crippen LogP contribution in [0.15, 0.2) is 24.3 Å². The maximum atomic E-state index is 12.9. The Hall–Kier alpha value is -2.64. The minimum absolute atomic E-state index is 0.00212. The number of methoxy groups -OCH3 is 1. The number of carbonyl (C=O) groups is 2. The van der Waals surface area contributed by atoms with Gasteiger partial charge in [-0.15, -0.1) is 5.92 Å². The fraction of sp³-hybridized carbons (Fsp3) is 0.545. The number of carbonyl (C=O) groups excluding carboxylic acids is 2. The van der Waals surface area contributed by atoms with E-state index in [1.54, 1.807) is 0 Å². The fourth-order valence-electron chi connectivity index (χ4n) is 2.59. The van der Waals surface area contributed by atoms with Gasteiger partial charge in [-0.2, -0.15) is 0 Å². The Labute approximate surface area is 188 Å². The Kier molecular flexibility index (Phi) is 13.0. The monoisotopic (exact) mass is 471 g/mol. The van der Waals surface area contributed by atoms with Gasteiger partial charge in [0, 0.05) is 19.8 Å². The minimum Gasteiger partial charge on any atom is -0.490 e. The Morgan fingerprint density at radius 2 is 1.84 bits per heavy atom. The van der Waals surface area contributed by atoms with Crippen LogP contribution in [-0.2, 0) is 29.1 Å². The van der Waals surface area contributed by atoms with Crippen LogP contribution in [0.2, 0.25) is 0 Å². The Morgan fingerprint density at radius 3 is 2.50 bits per heavy atom. The number of nitrogens with one attached hydrogen (secondary N) is 1. The minimum atomic E-state index is -3.47. The topological polar surface area (TPSA) is 108 Å². The van der Waals surface area contributed by atoms with Gasteiger partial charge in [0.25, 0.3) is 0 Å². The van der Waals surface area contributed by atoms with Gasteiger partial charge in [0.2, 0.25) is 10.0 Å². The van der Waals surface area contributed by atoms with E-state index in [1.165, 1.54) is 38.3 Å². The van der Waals surface area contributed by atoms with E-state index >= 15 is 0 Å². The third-order valence-electron chi connectivity index (χ3n) is 4.19. The van der Waals surface area contributed by atoms with Crippen molar-refractivity contribution in [2.45, 2.75) is 51.6 Å². The number of benzene rings is 1. The Balaban J connectivity index is 2.30. The number of unbranched alkanes of at least 4 members (excludes halogenated alkanes) is 2. The molecule has 0 aliphatic carbocycles. The van der Waals surface area contributed by atoms with Gasteiger partial charge in [-0.05, 0) is 49.9 Å². The van der Waals surface area contributed by atoms with Gasteiger partial charge in [0.15, 0.2) is 0 Å². The maximum absolute atomic E-state index is 12.9. The molecule has 0 heterocycles. The highest BCUT2D eigenvalue weighted by Crippen LogP contribution is 2.14. The van der Waals surface area contributed by atoms with Crippen molar-refractivity contribution in [3.8, 4) is 17.6 Å². The first-order valence-electron chi connectivity index (χ1n) is 10.3. The largest absolute Gasteiger partial charge is 0.490 e. The Morgan fingerprint density at radius 1 is 1.12 bits per heavy atom. The summed E-state index contributed by atoms with van der Waals surface area (Å²) < 4.78 is 54.7. The molecule has 1 unspecified atom stereocenters. The summed E-state index contributed by atoms with van der Waals surface area (Å²) in [5.74, 6) is 4.73. The summed E-state index contributed by atoms with van der Waals surface area (Å²) in [6.07, 6.45) is 2.08. The molecule has 0 fully saturated rings. The van der Waals surface area contributed by atoms with Gasteiger partial charge < -0.3 is 14.2 Å². The lowest BCUT2D eigenvalue weighted by molar-refractivity contribution is -0.148.